The van der Waals surface area contributed by atoms with Crippen molar-refractivity contribution in [1.82, 2.24) is 34.2 Å². The number of aliphatic hydroxyl groups excluding tert-OH is 1. The fourth-order valence-electron chi connectivity index (χ4n) is 6.85. The van der Waals surface area contributed by atoms with Gasteiger partial charge in [0.2, 0.25) is 11.8 Å². The van der Waals surface area contributed by atoms with Crippen molar-refractivity contribution >= 4 is 23.1 Å². The number of benzene rings is 1. The van der Waals surface area contributed by atoms with Gasteiger partial charge in [0.25, 0.3) is 0 Å². The molecule has 12 heteroatoms. The minimum atomic E-state index is -0.132. The number of nitriles is 1. The van der Waals surface area contributed by atoms with Crippen molar-refractivity contribution in [1.29, 1.82) is 5.26 Å². The van der Waals surface area contributed by atoms with E-state index in [1.165, 1.54) is 0 Å². The third-order valence-electron chi connectivity index (χ3n) is 9.02. The van der Waals surface area contributed by atoms with Gasteiger partial charge in [-0.05, 0) is 75.4 Å². The highest BCUT2D eigenvalue weighted by Gasteiger charge is 2.34. The maximum absolute atomic E-state index is 9.91. The van der Waals surface area contributed by atoms with E-state index in [1.54, 1.807) is 9.36 Å². The molecule has 1 aromatic carbocycles. The molecule has 0 spiro atoms. The number of nitrogens with zero attached hydrogens (tertiary/aromatic N) is 8. The van der Waals surface area contributed by atoms with Crippen LogP contribution in [0.3, 0.4) is 0 Å². The molecular formula is C32H38N8O4. The minimum Gasteiger partial charge on any atom is -0.473 e. The van der Waals surface area contributed by atoms with E-state index >= 15 is 0 Å². The summed E-state index contributed by atoms with van der Waals surface area (Å²) in [5.74, 6) is 1.10. The topological polar surface area (TPSA) is 128 Å². The van der Waals surface area contributed by atoms with Crippen LogP contribution in [0.4, 0.5) is 0 Å². The van der Waals surface area contributed by atoms with Gasteiger partial charge in [0, 0.05) is 31.6 Å². The second kappa shape index (κ2) is 12.1. The number of ether oxygens (including phenoxy) is 3. The first-order valence-corrected chi connectivity index (χ1v) is 15.5. The van der Waals surface area contributed by atoms with Gasteiger partial charge in [-0.3, -0.25) is 9.58 Å². The van der Waals surface area contributed by atoms with E-state index in [9.17, 15) is 10.4 Å². The predicted molar refractivity (Wildman–Crippen MR) is 164 cm³/mol. The van der Waals surface area contributed by atoms with E-state index in [2.05, 4.69) is 41.2 Å². The molecule has 1 N–H and O–H groups in total. The number of rotatable bonds is 5. The molecule has 0 aliphatic carbocycles. The van der Waals surface area contributed by atoms with Crippen molar-refractivity contribution < 1.29 is 19.3 Å². The van der Waals surface area contributed by atoms with Gasteiger partial charge in [0.1, 0.15) is 12.2 Å². The van der Waals surface area contributed by atoms with Crippen LogP contribution in [0, 0.1) is 11.3 Å². The van der Waals surface area contributed by atoms with E-state index in [-0.39, 0.29) is 31.6 Å². The molecule has 4 aromatic rings. The van der Waals surface area contributed by atoms with Crippen LogP contribution in [-0.4, -0.2) is 77.9 Å². The molecule has 44 heavy (non-hydrogen) atoms. The van der Waals surface area contributed by atoms with E-state index in [4.69, 9.17) is 24.4 Å². The van der Waals surface area contributed by atoms with Crippen LogP contribution in [0.5, 0.6) is 11.8 Å². The van der Waals surface area contributed by atoms with Gasteiger partial charge in [-0.15, -0.1) is 5.10 Å². The largest absolute Gasteiger partial charge is 0.473 e. The number of hydrogen-bond donors (Lipinski definition) is 1. The van der Waals surface area contributed by atoms with E-state index < -0.39 is 0 Å². The van der Waals surface area contributed by atoms with Gasteiger partial charge in [0.15, 0.2) is 12.8 Å². The summed E-state index contributed by atoms with van der Waals surface area (Å²) in [6, 6.07) is 8.59. The summed E-state index contributed by atoms with van der Waals surface area (Å²) >= 11 is 0. The van der Waals surface area contributed by atoms with Gasteiger partial charge in [0.05, 0.1) is 47.4 Å². The Morgan fingerprint density at radius 1 is 1.16 bits per heavy atom. The monoisotopic (exact) mass is 598 g/mol. The Morgan fingerprint density at radius 2 is 2.07 bits per heavy atom. The number of aliphatic hydroxyl groups is 1. The van der Waals surface area contributed by atoms with Crippen LogP contribution < -0.4 is 9.47 Å². The maximum atomic E-state index is 9.91. The number of aryl methyl sites for hydroxylation is 1. The fourth-order valence-corrected chi connectivity index (χ4v) is 6.85. The summed E-state index contributed by atoms with van der Waals surface area (Å²) < 4.78 is 24.3. The molecule has 3 aliphatic heterocycles. The van der Waals surface area contributed by atoms with Crippen LogP contribution in [0.15, 0.2) is 24.4 Å². The Kier molecular flexibility index (Phi) is 7.84. The quantitative estimate of drug-likeness (QED) is 0.360. The first kappa shape index (κ1) is 28.6. The lowest BCUT2D eigenvalue weighted by atomic mass is 10.0. The molecule has 3 aromatic heterocycles. The molecule has 12 nitrogen and oxygen atoms in total. The number of aromatic nitrogens is 6. The third kappa shape index (κ3) is 5.15. The Bertz CT molecular complexity index is 1720. The summed E-state index contributed by atoms with van der Waals surface area (Å²) in [4.78, 5) is 2.42. The zero-order valence-corrected chi connectivity index (χ0v) is 25.2. The molecule has 2 saturated heterocycles. The maximum Gasteiger partial charge on any atom is 0.241 e. The molecule has 230 valence electrons. The normalized spacial score (nSPS) is 22.1. The van der Waals surface area contributed by atoms with Gasteiger partial charge < -0.3 is 19.3 Å². The van der Waals surface area contributed by atoms with Gasteiger partial charge in [-0.2, -0.15) is 15.5 Å². The zero-order valence-electron chi connectivity index (χ0n) is 25.2. The van der Waals surface area contributed by atoms with Gasteiger partial charge >= 0.3 is 0 Å². The Labute approximate surface area is 256 Å². The average Bonchev–Trinajstić information content (AvgIpc) is 3.81. The van der Waals surface area contributed by atoms with Gasteiger partial charge in [-0.25, -0.2) is 9.36 Å². The summed E-state index contributed by atoms with van der Waals surface area (Å²) in [5.41, 5.74) is 5.41. The molecule has 2 fully saturated rings. The Hall–Kier alpha value is -4.18. The van der Waals surface area contributed by atoms with Crippen LogP contribution in [0.25, 0.3) is 34.2 Å². The molecule has 2 unspecified atom stereocenters. The smallest absolute Gasteiger partial charge is 0.241 e. The van der Waals surface area contributed by atoms with Crippen molar-refractivity contribution in [2.24, 2.45) is 7.05 Å². The van der Waals surface area contributed by atoms with Crippen molar-refractivity contribution in [3.05, 3.63) is 41.3 Å². The van der Waals surface area contributed by atoms with E-state index in [0.717, 1.165) is 83.5 Å². The summed E-state index contributed by atoms with van der Waals surface area (Å²) in [7, 11) is 1.92. The van der Waals surface area contributed by atoms with E-state index in [1.807, 2.05) is 30.1 Å². The van der Waals surface area contributed by atoms with E-state index in [0.29, 0.717) is 25.6 Å². The highest BCUT2D eigenvalue weighted by molar-refractivity contribution is 5.93. The SMILES string of the molecule is CC1Oc2c(cnn2C)-c2ccc3c(c2)c(nn3C2CCCCO2)C=Cc2c(OCC#N)nn(CCO)c2CN2CCC[C@H]12. The van der Waals surface area contributed by atoms with Crippen LogP contribution in [-0.2, 0) is 24.9 Å². The Balaban J connectivity index is 1.43. The Morgan fingerprint density at radius 3 is 2.89 bits per heavy atom. The molecule has 3 aliphatic rings. The van der Waals surface area contributed by atoms with Gasteiger partial charge in [-0.1, -0.05) is 6.07 Å². The number of hydrogen-bond acceptors (Lipinski definition) is 9. The lowest BCUT2D eigenvalue weighted by molar-refractivity contribution is -0.0367. The molecule has 2 bridgehead atoms. The van der Waals surface area contributed by atoms with Crippen molar-refractivity contribution in [3.8, 4) is 29.0 Å². The second-order valence-electron chi connectivity index (χ2n) is 11.8. The fraction of sp³-hybridized carbons (Fsp3) is 0.500. The van der Waals surface area contributed by atoms with Crippen molar-refractivity contribution in [2.75, 3.05) is 26.4 Å². The lowest BCUT2D eigenvalue weighted by Gasteiger charge is -2.30. The van der Waals surface area contributed by atoms with Crippen LogP contribution >= 0.6 is 0 Å². The first-order chi connectivity index (χ1) is 21.6. The van der Waals surface area contributed by atoms with Crippen molar-refractivity contribution in [2.45, 2.75) is 70.5 Å². The lowest BCUT2D eigenvalue weighted by Crippen LogP contribution is -2.41. The summed E-state index contributed by atoms with van der Waals surface area (Å²) in [6.07, 6.45) is 10.7. The molecule has 6 heterocycles. The molecule has 0 amide bonds. The summed E-state index contributed by atoms with van der Waals surface area (Å²) in [6.45, 7) is 4.46. The minimum absolute atomic E-state index is 0.0685. The predicted octanol–water partition coefficient (Wildman–Crippen LogP) is 4.14. The van der Waals surface area contributed by atoms with Crippen LogP contribution in [0.2, 0.25) is 0 Å². The highest BCUT2D eigenvalue weighted by Crippen LogP contribution is 2.38. The standard InChI is InChI=1S/C32H38N8O4/c1-21-27-6-5-13-38(27)20-29-23(31(43-17-12-33)36-39(29)14-15-41)9-10-26-24-18-22(25-19-34-37(2)32(25)44-21)8-11-28(24)40(35-26)30-7-3-4-16-42-30/h8-11,18-19,21,27,30,41H,3-7,13-17,20H2,1-2H3/t21?,27-,30?/m1/s1. The second-order valence-corrected chi connectivity index (χ2v) is 11.8. The molecule has 0 radical (unpaired) electrons. The number of fused-ring (bicyclic) bond motifs is 5. The molecule has 0 saturated carbocycles. The zero-order chi connectivity index (χ0) is 30.2. The van der Waals surface area contributed by atoms with Crippen molar-refractivity contribution in [3.63, 3.8) is 0 Å². The summed E-state index contributed by atoms with van der Waals surface area (Å²) in [5, 5.41) is 34.5. The average molecular weight is 599 g/mol. The first-order valence-electron chi connectivity index (χ1n) is 15.5. The third-order valence-corrected chi connectivity index (χ3v) is 9.02. The molecule has 3 atom stereocenters. The molecular weight excluding hydrogens is 560 g/mol. The molecule has 7 rings (SSSR count). The highest BCUT2D eigenvalue weighted by atomic mass is 16.5. The van der Waals surface area contributed by atoms with Crippen LogP contribution in [0.1, 0.15) is 62.2 Å².